The molecule has 0 spiro atoms. The Morgan fingerprint density at radius 3 is 2.68 bits per heavy atom. The molecule has 1 aliphatic carbocycles. The molecule has 0 aromatic heterocycles. The second kappa shape index (κ2) is 6.49. The molecule has 2 N–H and O–H groups in total. The quantitative estimate of drug-likeness (QED) is 0.833. The molecule has 3 nitrogen and oxygen atoms in total. The number of carbonyl (C=O) groups is 1. The minimum absolute atomic E-state index is 0.245. The molecule has 1 heterocycles. The van der Waals surface area contributed by atoms with Gasteiger partial charge in [0, 0.05) is 16.7 Å². The normalized spacial score (nSPS) is 32.3. The van der Waals surface area contributed by atoms with Crippen molar-refractivity contribution in [1.29, 1.82) is 0 Å². The third-order valence-corrected chi connectivity index (χ3v) is 6.05. The van der Waals surface area contributed by atoms with Crippen molar-refractivity contribution in [2.24, 2.45) is 11.3 Å². The van der Waals surface area contributed by atoms with Crippen LogP contribution >= 0.6 is 11.8 Å². The van der Waals surface area contributed by atoms with E-state index in [4.69, 9.17) is 0 Å². The van der Waals surface area contributed by atoms with Crippen LogP contribution in [0.1, 0.15) is 46.0 Å². The van der Waals surface area contributed by atoms with Gasteiger partial charge in [0.1, 0.15) is 0 Å². The fourth-order valence-corrected chi connectivity index (χ4v) is 4.11. The molecule has 1 saturated heterocycles. The molecule has 0 aromatic carbocycles. The molecule has 4 heteroatoms. The number of amides is 1. The second-order valence-corrected chi connectivity index (χ2v) is 7.74. The van der Waals surface area contributed by atoms with Gasteiger partial charge in [-0.2, -0.15) is 11.8 Å². The van der Waals surface area contributed by atoms with Crippen molar-refractivity contribution < 1.29 is 4.79 Å². The molecule has 1 aliphatic heterocycles. The van der Waals surface area contributed by atoms with Crippen LogP contribution in [0.2, 0.25) is 0 Å². The number of rotatable bonds is 4. The van der Waals surface area contributed by atoms with Gasteiger partial charge in [0.2, 0.25) is 5.91 Å². The van der Waals surface area contributed by atoms with Crippen molar-refractivity contribution in [3.63, 3.8) is 0 Å². The molecule has 2 aliphatic rings. The molecule has 0 bridgehead atoms. The lowest BCUT2D eigenvalue weighted by Gasteiger charge is -2.36. The van der Waals surface area contributed by atoms with E-state index in [-0.39, 0.29) is 11.3 Å². The maximum Gasteiger partial charge on any atom is 0.226 e. The van der Waals surface area contributed by atoms with Gasteiger partial charge in [-0.05, 0) is 57.4 Å². The highest BCUT2D eigenvalue weighted by atomic mass is 32.2. The summed E-state index contributed by atoms with van der Waals surface area (Å²) in [7, 11) is 0. The Morgan fingerprint density at radius 2 is 2.11 bits per heavy atom. The van der Waals surface area contributed by atoms with Crippen molar-refractivity contribution in [2.45, 2.75) is 57.2 Å². The fraction of sp³-hybridized carbons (Fsp3) is 0.933. The van der Waals surface area contributed by atoms with Crippen molar-refractivity contribution in [3.05, 3.63) is 0 Å². The smallest absolute Gasteiger partial charge is 0.226 e. The number of hydrogen-bond acceptors (Lipinski definition) is 3. The summed E-state index contributed by atoms with van der Waals surface area (Å²) >= 11 is 1.94. The molecular formula is C15H28N2OS. The molecule has 110 valence electrons. The maximum absolute atomic E-state index is 12.6. The Balaban J connectivity index is 1.87. The van der Waals surface area contributed by atoms with Crippen LogP contribution in [-0.2, 0) is 4.79 Å². The Morgan fingerprint density at radius 1 is 1.32 bits per heavy atom. The number of carbonyl (C=O) groups excluding carboxylic acids is 1. The van der Waals surface area contributed by atoms with Crippen molar-refractivity contribution in [2.75, 3.05) is 19.3 Å². The Labute approximate surface area is 121 Å². The first-order valence-corrected chi connectivity index (χ1v) is 8.87. The van der Waals surface area contributed by atoms with E-state index < -0.39 is 0 Å². The van der Waals surface area contributed by atoms with E-state index in [1.54, 1.807) is 0 Å². The summed E-state index contributed by atoms with van der Waals surface area (Å²) in [4.78, 5) is 12.6. The Hall–Kier alpha value is -0.220. The number of hydrogen-bond donors (Lipinski definition) is 2. The largest absolute Gasteiger partial charge is 0.353 e. The SMILES string of the molecule is CSC1CCC(NC(=O)C(C)(C)C2CCCNC2)C1. The van der Waals surface area contributed by atoms with E-state index in [0.717, 1.165) is 31.2 Å². The zero-order valence-corrected chi connectivity index (χ0v) is 13.3. The average molecular weight is 284 g/mol. The van der Waals surface area contributed by atoms with Gasteiger partial charge in [-0.25, -0.2) is 0 Å². The molecular weight excluding hydrogens is 256 g/mol. The second-order valence-electron chi connectivity index (χ2n) is 6.61. The molecule has 0 radical (unpaired) electrons. The van der Waals surface area contributed by atoms with Crippen molar-refractivity contribution >= 4 is 17.7 Å². The molecule has 1 amide bonds. The third-order valence-electron chi connectivity index (χ3n) is 4.96. The summed E-state index contributed by atoms with van der Waals surface area (Å²) < 4.78 is 0. The lowest BCUT2D eigenvalue weighted by atomic mass is 9.74. The monoisotopic (exact) mass is 284 g/mol. The average Bonchev–Trinajstić information content (AvgIpc) is 2.87. The third kappa shape index (κ3) is 3.66. The van der Waals surface area contributed by atoms with Crippen LogP contribution in [0.25, 0.3) is 0 Å². The van der Waals surface area contributed by atoms with E-state index in [0.29, 0.717) is 12.0 Å². The van der Waals surface area contributed by atoms with E-state index in [1.807, 2.05) is 11.8 Å². The summed E-state index contributed by atoms with van der Waals surface area (Å²) in [6, 6.07) is 0.403. The van der Waals surface area contributed by atoms with Crippen LogP contribution in [0, 0.1) is 11.3 Å². The van der Waals surface area contributed by atoms with Gasteiger partial charge in [-0.15, -0.1) is 0 Å². The summed E-state index contributed by atoms with van der Waals surface area (Å²) in [5.41, 5.74) is -0.245. The Kier molecular flexibility index (Phi) is 5.18. The van der Waals surface area contributed by atoms with Crippen LogP contribution in [0.3, 0.4) is 0 Å². The van der Waals surface area contributed by atoms with E-state index >= 15 is 0 Å². The zero-order valence-electron chi connectivity index (χ0n) is 12.5. The number of thioether (sulfide) groups is 1. The molecule has 19 heavy (non-hydrogen) atoms. The summed E-state index contributed by atoms with van der Waals surface area (Å²) in [6.45, 7) is 6.31. The van der Waals surface area contributed by atoms with Crippen molar-refractivity contribution in [3.8, 4) is 0 Å². The van der Waals surface area contributed by atoms with Crippen LogP contribution in [0.4, 0.5) is 0 Å². The van der Waals surface area contributed by atoms with Gasteiger partial charge in [-0.1, -0.05) is 13.8 Å². The maximum atomic E-state index is 12.6. The summed E-state index contributed by atoms with van der Waals surface area (Å²) in [5, 5.41) is 7.46. The summed E-state index contributed by atoms with van der Waals surface area (Å²) in [5.74, 6) is 0.729. The van der Waals surface area contributed by atoms with Crippen LogP contribution in [0.15, 0.2) is 0 Å². The highest BCUT2D eigenvalue weighted by Gasteiger charge is 2.38. The molecule has 3 atom stereocenters. The highest BCUT2D eigenvalue weighted by molar-refractivity contribution is 7.99. The number of nitrogens with one attached hydrogen (secondary N) is 2. The highest BCUT2D eigenvalue weighted by Crippen LogP contribution is 2.34. The number of piperidine rings is 1. The van der Waals surface area contributed by atoms with E-state index in [2.05, 4.69) is 30.7 Å². The lowest BCUT2D eigenvalue weighted by Crippen LogP contribution is -2.49. The van der Waals surface area contributed by atoms with E-state index in [9.17, 15) is 4.79 Å². The molecule has 2 rings (SSSR count). The molecule has 2 fully saturated rings. The first kappa shape index (κ1) is 15.2. The van der Waals surface area contributed by atoms with Gasteiger partial charge in [0.15, 0.2) is 0 Å². The zero-order chi connectivity index (χ0) is 13.9. The van der Waals surface area contributed by atoms with Crippen LogP contribution < -0.4 is 10.6 Å². The van der Waals surface area contributed by atoms with Crippen molar-refractivity contribution in [1.82, 2.24) is 10.6 Å². The van der Waals surface area contributed by atoms with Gasteiger partial charge in [-0.3, -0.25) is 4.79 Å². The fourth-order valence-electron chi connectivity index (χ4n) is 3.31. The van der Waals surface area contributed by atoms with Crippen LogP contribution in [-0.4, -0.2) is 36.5 Å². The minimum atomic E-state index is -0.245. The predicted molar refractivity (Wildman–Crippen MR) is 82.5 cm³/mol. The first-order chi connectivity index (χ1) is 9.04. The van der Waals surface area contributed by atoms with Gasteiger partial charge >= 0.3 is 0 Å². The Bertz CT molecular complexity index is 313. The van der Waals surface area contributed by atoms with Crippen LogP contribution in [0.5, 0.6) is 0 Å². The molecule has 1 saturated carbocycles. The molecule has 3 unspecified atom stereocenters. The lowest BCUT2D eigenvalue weighted by molar-refractivity contribution is -0.133. The minimum Gasteiger partial charge on any atom is -0.353 e. The topological polar surface area (TPSA) is 41.1 Å². The van der Waals surface area contributed by atoms with Gasteiger partial charge in [0.25, 0.3) is 0 Å². The summed E-state index contributed by atoms with van der Waals surface area (Å²) in [6.07, 6.45) is 8.08. The standard InChI is InChI=1S/C15H28N2OS/c1-15(2,11-5-4-8-16-10-11)14(18)17-12-6-7-13(9-12)19-3/h11-13,16H,4-10H2,1-3H3,(H,17,18). The predicted octanol–water partition coefficient (Wildman–Crippen LogP) is 2.41. The van der Waals surface area contributed by atoms with Gasteiger partial charge < -0.3 is 10.6 Å². The molecule has 0 aromatic rings. The first-order valence-electron chi connectivity index (χ1n) is 7.58. The van der Waals surface area contributed by atoms with E-state index in [1.165, 1.54) is 19.3 Å². The van der Waals surface area contributed by atoms with Gasteiger partial charge in [0.05, 0.1) is 0 Å².